The van der Waals surface area contributed by atoms with Gasteiger partial charge in [0.1, 0.15) is 5.82 Å². The maximum atomic E-state index is 11.8. The highest BCUT2D eigenvalue weighted by Crippen LogP contribution is 2.21. The zero-order valence-electron chi connectivity index (χ0n) is 15.0. The normalized spacial score (nSPS) is 11.4. The maximum absolute atomic E-state index is 11.8. The number of pyridine rings is 1. The van der Waals surface area contributed by atoms with Crippen molar-refractivity contribution in [3.63, 3.8) is 0 Å². The molecule has 1 aromatic heterocycles. The quantitative estimate of drug-likeness (QED) is 0.754. The van der Waals surface area contributed by atoms with E-state index in [1.165, 1.54) is 19.8 Å². The Morgan fingerprint density at radius 2 is 1.56 bits per heavy atom. The molecule has 0 amide bonds. The first kappa shape index (κ1) is 19.0. The Morgan fingerprint density at radius 3 is 2.04 bits per heavy atom. The number of aromatic nitrogens is 1. The molecule has 2 aromatic rings. The highest BCUT2D eigenvalue weighted by atomic mass is 32.2. The Balaban J connectivity index is 2.04. The fourth-order valence-electron chi connectivity index (χ4n) is 2.26. The lowest BCUT2D eigenvalue weighted by Crippen LogP contribution is -2.29. The van der Waals surface area contributed by atoms with Crippen molar-refractivity contribution < 1.29 is 8.42 Å². The van der Waals surface area contributed by atoms with Crippen LogP contribution in [0.1, 0.15) is 13.8 Å². The molecular weight excluding hydrogens is 338 g/mol. The Labute approximate surface area is 149 Å². The van der Waals surface area contributed by atoms with Crippen molar-refractivity contribution in [2.24, 2.45) is 0 Å². The minimum atomic E-state index is -3.55. The number of nitrogens with zero attached hydrogens (tertiary/aromatic N) is 3. The number of hydrogen-bond donors (Lipinski definition) is 2. The number of benzene rings is 1. The molecule has 8 heteroatoms. The number of hydrogen-bond acceptors (Lipinski definition) is 5. The van der Waals surface area contributed by atoms with Crippen LogP contribution in [0.5, 0.6) is 0 Å². The molecule has 25 heavy (non-hydrogen) atoms. The van der Waals surface area contributed by atoms with E-state index in [-0.39, 0.29) is 5.82 Å². The van der Waals surface area contributed by atoms with Crippen LogP contribution in [-0.2, 0) is 10.2 Å². The first-order valence-corrected chi connectivity index (χ1v) is 9.58. The average molecular weight is 363 g/mol. The molecule has 0 spiro atoms. The second-order valence-corrected chi connectivity index (χ2v) is 7.55. The van der Waals surface area contributed by atoms with E-state index >= 15 is 0 Å². The summed E-state index contributed by atoms with van der Waals surface area (Å²) in [6.07, 6.45) is 1.59. The monoisotopic (exact) mass is 363 g/mol. The summed E-state index contributed by atoms with van der Waals surface area (Å²) in [5.74, 6) is 0.274. The van der Waals surface area contributed by atoms with Crippen LogP contribution in [0.2, 0.25) is 0 Å². The van der Waals surface area contributed by atoms with Crippen LogP contribution >= 0.6 is 0 Å². The first-order chi connectivity index (χ1) is 11.9. The molecule has 2 rings (SSSR count). The summed E-state index contributed by atoms with van der Waals surface area (Å²) in [5.41, 5.74) is 2.91. The molecule has 0 fully saturated rings. The molecule has 7 nitrogen and oxygen atoms in total. The van der Waals surface area contributed by atoms with Gasteiger partial charge < -0.3 is 10.2 Å². The minimum Gasteiger partial charge on any atom is -0.372 e. The third kappa shape index (κ3) is 5.07. The minimum absolute atomic E-state index is 0.274. The van der Waals surface area contributed by atoms with Gasteiger partial charge in [0.05, 0.1) is 11.9 Å². The third-order valence-electron chi connectivity index (χ3n) is 3.76. The van der Waals surface area contributed by atoms with Gasteiger partial charge in [-0.05, 0) is 50.2 Å². The second kappa shape index (κ2) is 8.17. The topological polar surface area (TPSA) is 77.6 Å². The van der Waals surface area contributed by atoms with Crippen LogP contribution in [0.3, 0.4) is 0 Å². The van der Waals surface area contributed by atoms with Crippen LogP contribution in [0.4, 0.5) is 22.9 Å². The van der Waals surface area contributed by atoms with E-state index in [1.807, 2.05) is 12.1 Å². The van der Waals surface area contributed by atoms with Gasteiger partial charge >= 0.3 is 10.2 Å². The van der Waals surface area contributed by atoms with Gasteiger partial charge in [0.2, 0.25) is 0 Å². The number of nitrogens with one attached hydrogen (secondary N) is 2. The van der Waals surface area contributed by atoms with Crippen LogP contribution in [0.25, 0.3) is 0 Å². The molecule has 0 saturated carbocycles. The summed E-state index contributed by atoms with van der Waals surface area (Å²) in [5, 5.41) is 3.25. The van der Waals surface area contributed by atoms with Gasteiger partial charge in [0.15, 0.2) is 0 Å². The predicted octanol–water partition coefficient (Wildman–Crippen LogP) is 2.89. The molecule has 2 N–H and O–H groups in total. The molecule has 0 aliphatic carbocycles. The maximum Gasteiger partial charge on any atom is 0.302 e. The average Bonchev–Trinajstić information content (AvgIpc) is 2.59. The van der Waals surface area contributed by atoms with E-state index in [9.17, 15) is 8.42 Å². The number of rotatable bonds is 8. The highest BCUT2D eigenvalue weighted by Gasteiger charge is 2.13. The lowest BCUT2D eigenvalue weighted by atomic mass is 10.2. The predicted molar refractivity (Wildman–Crippen MR) is 104 cm³/mol. The molecule has 136 valence electrons. The lowest BCUT2D eigenvalue weighted by Gasteiger charge is -2.21. The van der Waals surface area contributed by atoms with Crippen molar-refractivity contribution in [3.05, 3.63) is 42.6 Å². The molecular formula is C17H25N5O2S. The van der Waals surface area contributed by atoms with E-state index in [0.29, 0.717) is 0 Å². The summed E-state index contributed by atoms with van der Waals surface area (Å²) < 4.78 is 27.0. The molecule has 0 aliphatic rings. The van der Waals surface area contributed by atoms with Crippen molar-refractivity contribution in [2.45, 2.75) is 13.8 Å². The van der Waals surface area contributed by atoms with Gasteiger partial charge in [0, 0.05) is 38.6 Å². The zero-order chi connectivity index (χ0) is 18.4. The van der Waals surface area contributed by atoms with Crippen molar-refractivity contribution in [1.29, 1.82) is 0 Å². The van der Waals surface area contributed by atoms with Crippen LogP contribution < -0.4 is 14.9 Å². The van der Waals surface area contributed by atoms with Crippen molar-refractivity contribution in [3.8, 4) is 0 Å². The van der Waals surface area contributed by atoms with Gasteiger partial charge in [-0.3, -0.25) is 4.72 Å². The second-order valence-electron chi connectivity index (χ2n) is 5.67. The van der Waals surface area contributed by atoms with E-state index in [0.717, 1.165) is 28.8 Å². The van der Waals surface area contributed by atoms with Gasteiger partial charge in [-0.15, -0.1) is 0 Å². The van der Waals surface area contributed by atoms with Gasteiger partial charge in [-0.2, -0.15) is 12.7 Å². The van der Waals surface area contributed by atoms with Crippen molar-refractivity contribution >= 4 is 33.1 Å². The largest absolute Gasteiger partial charge is 0.372 e. The van der Waals surface area contributed by atoms with E-state index in [1.54, 1.807) is 18.3 Å². The Kier molecular flexibility index (Phi) is 6.22. The molecule has 0 atom stereocenters. The van der Waals surface area contributed by atoms with Gasteiger partial charge in [0.25, 0.3) is 0 Å². The standard InChI is InChI=1S/C17H25N5O2S/c1-5-22(6-2)16-10-7-14(8-11-16)19-15-9-12-17(18-13-15)20-25(23,24)21(3)4/h7-13,19H,5-6H2,1-4H3,(H,18,20). The number of anilines is 4. The van der Waals surface area contributed by atoms with Gasteiger partial charge in [-0.1, -0.05) is 0 Å². The van der Waals surface area contributed by atoms with Crippen molar-refractivity contribution in [2.75, 3.05) is 42.1 Å². The molecule has 1 heterocycles. The Morgan fingerprint density at radius 1 is 0.960 bits per heavy atom. The molecule has 0 unspecified atom stereocenters. The van der Waals surface area contributed by atoms with E-state index in [2.05, 4.69) is 45.9 Å². The molecule has 1 aromatic carbocycles. The van der Waals surface area contributed by atoms with Crippen molar-refractivity contribution in [1.82, 2.24) is 9.29 Å². The SMILES string of the molecule is CCN(CC)c1ccc(Nc2ccc(NS(=O)(=O)N(C)C)nc2)cc1. The molecule has 0 radical (unpaired) electrons. The van der Waals surface area contributed by atoms with Crippen LogP contribution in [0.15, 0.2) is 42.6 Å². The lowest BCUT2D eigenvalue weighted by molar-refractivity contribution is 0.526. The first-order valence-electron chi connectivity index (χ1n) is 8.14. The van der Waals surface area contributed by atoms with Crippen LogP contribution in [0, 0.1) is 0 Å². The summed E-state index contributed by atoms with van der Waals surface area (Å²) in [7, 11) is -0.628. The van der Waals surface area contributed by atoms with E-state index < -0.39 is 10.2 Å². The summed E-state index contributed by atoms with van der Waals surface area (Å²) in [6, 6.07) is 11.6. The summed E-state index contributed by atoms with van der Waals surface area (Å²) in [4.78, 5) is 6.40. The Bertz CT molecular complexity index is 770. The zero-order valence-corrected chi connectivity index (χ0v) is 15.8. The summed E-state index contributed by atoms with van der Waals surface area (Å²) in [6.45, 7) is 6.20. The highest BCUT2D eigenvalue weighted by molar-refractivity contribution is 7.90. The Hall–Kier alpha value is -2.32. The van der Waals surface area contributed by atoms with Crippen LogP contribution in [-0.4, -0.2) is 44.9 Å². The van der Waals surface area contributed by atoms with Gasteiger partial charge in [-0.25, -0.2) is 4.98 Å². The third-order valence-corrected chi connectivity index (χ3v) is 5.19. The molecule has 0 saturated heterocycles. The summed E-state index contributed by atoms with van der Waals surface area (Å²) >= 11 is 0. The fourth-order valence-corrected chi connectivity index (χ4v) is 2.83. The van der Waals surface area contributed by atoms with E-state index in [4.69, 9.17) is 0 Å². The molecule has 0 bridgehead atoms. The fraction of sp³-hybridized carbons (Fsp3) is 0.353. The smallest absolute Gasteiger partial charge is 0.302 e. The molecule has 0 aliphatic heterocycles.